The van der Waals surface area contributed by atoms with Gasteiger partial charge in [0.15, 0.2) is 0 Å². The molecule has 132 valence electrons. The molecule has 2 aromatic rings. The number of carbonyl (C=O) groups excluding carboxylic acids is 2. The van der Waals surface area contributed by atoms with Crippen molar-refractivity contribution in [2.24, 2.45) is 0 Å². The fourth-order valence-electron chi connectivity index (χ4n) is 2.76. The Morgan fingerprint density at radius 1 is 0.960 bits per heavy atom. The Hall–Kier alpha value is -2.62. The Kier molecular flexibility index (Phi) is 5.97. The van der Waals surface area contributed by atoms with Crippen molar-refractivity contribution in [3.63, 3.8) is 0 Å². The molecule has 4 nitrogen and oxygen atoms in total. The van der Waals surface area contributed by atoms with Crippen LogP contribution in [0.5, 0.6) is 0 Å². The summed E-state index contributed by atoms with van der Waals surface area (Å²) in [5, 5.41) is 0. The number of benzene rings is 2. The van der Waals surface area contributed by atoms with E-state index in [-0.39, 0.29) is 5.92 Å². The van der Waals surface area contributed by atoms with Crippen molar-refractivity contribution in [1.29, 1.82) is 0 Å². The summed E-state index contributed by atoms with van der Waals surface area (Å²) in [5.74, 6) is -0.266. The molecule has 25 heavy (non-hydrogen) atoms. The molecule has 0 aliphatic carbocycles. The highest BCUT2D eigenvalue weighted by atomic mass is 16.6. The van der Waals surface area contributed by atoms with Gasteiger partial charge >= 0.3 is 6.09 Å². The first kappa shape index (κ1) is 18.7. The van der Waals surface area contributed by atoms with Crippen molar-refractivity contribution in [1.82, 2.24) is 4.90 Å². The van der Waals surface area contributed by atoms with Crippen LogP contribution in [0.1, 0.15) is 37.8 Å². The maximum atomic E-state index is 12.5. The predicted molar refractivity (Wildman–Crippen MR) is 98.6 cm³/mol. The smallest absolute Gasteiger partial charge is 0.410 e. The standard InChI is InChI=1S/C21H25NO3/c1-21(2,3)25-20(24)22(4)18(15-23)19(16-11-7-5-8-12-16)17-13-9-6-10-14-17/h5-15,18-19H,1-4H3. The molecule has 0 spiro atoms. The minimum Gasteiger partial charge on any atom is -0.444 e. The number of rotatable bonds is 5. The van der Waals surface area contributed by atoms with Crippen LogP contribution in [0.4, 0.5) is 4.79 Å². The molecule has 0 saturated heterocycles. The molecule has 4 heteroatoms. The van der Waals surface area contributed by atoms with Crippen molar-refractivity contribution in [3.8, 4) is 0 Å². The second kappa shape index (κ2) is 7.97. The van der Waals surface area contributed by atoms with Gasteiger partial charge in [-0.1, -0.05) is 60.7 Å². The fourth-order valence-corrected chi connectivity index (χ4v) is 2.76. The maximum Gasteiger partial charge on any atom is 0.410 e. The van der Waals surface area contributed by atoms with Crippen LogP contribution in [-0.4, -0.2) is 36.0 Å². The molecule has 1 amide bonds. The number of likely N-dealkylation sites (N-methyl/N-ethyl adjacent to an activating group) is 1. The zero-order valence-corrected chi connectivity index (χ0v) is 15.2. The first-order valence-corrected chi connectivity index (χ1v) is 8.34. The number of ether oxygens (including phenoxy) is 1. The van der Waals surface area contributed by atoms with Crippen molar-refractivity contribution in [2.45, 2.75) is 38.3 Å². The van der Waals surface area contributed by atoms with Gasteiger partial charge in [-0.2, -0.15) is 0 Å². The zero-order chi connectivity index (χ0) is 18.4. The molecule has 0 aromatic heterocycles. The van der Waals surface area contributed by atoms with Gasteiger partial charge < -0.3 is 14.4 Å². The van der Waals surface area contributed by atoms with Gasteiger partial charge in [-0.05, 0) is 31.9 Å². The lowest BCUT2D eigenvalue weighted by Gasteiger charge is -2.33. The summed E-state index contributed by atoms with van der Waals surface area (Å²) in [4.78, 5) is 25.8. The van der Waals surface area contributed by atoms with Crippen LogP contribution in [-0.2, 0) is 9.53 Å². The Balaban J connectivity index is 2.40. The van der Waals surface area contributed by atoms with Gasteiger partial charge in [0.1, 0.15) is 17.9 Å². The Labute approximate surface area is 149 Å². The van der Waals surface area contributed by atoms with Gasteiger partial charge in [-0.25, -0.2) is 4.79 Å². The minimum atomic E-state index is -0.667. The van der Waals surface area contributed by atoms with E-state index in [1.807, 2.05) is 60.7 Å². The largest absolute Gasteiger partial charge is 0.444 e. The summed E-state index contributed by atoms with van der Waals surface area (Å²) in [6, 6.07) is 18.8. The van der Waals surface area contributed by atoms with Crippen LogP contribution in [0.25, 0.3) is 0 Å². The molecule has 0 aliphatic rings. The third-order valence-electron chi connectivity index (χ3n) is 3.93. The van der Waals surface area contributed by atoms with E-state index >= 15 is 0 Å². The van der Waals surface area contributed by atoms with E-state index in [0.29, 0.717) is 0 Å². The molecule has 0 aliphatic heterocycles. The minimum absolute atomic E-state index is 0.266. The van der Waals surface area contributed by atoms with E-state index in [1.54, 1.807) is 27.8 Å². The maximum absolute atomic E-state index is 12.5. The van der Waals surface area contributed by atoms with E-state index in [2.05, 4.69) is 0 Å². The first-order valence-electron chi connectivity index (χ1n) is 8.34. The molecule has 0 N–H and O–H groups in total. The molecule has 2 aromatic carbocycles. The van der Waals surface area contributed by atoms with Gasteiger partial charge in [-0.15, -0.1) is 0 Å². The van der Waals surface area contributed by atoms with Crippen LogP contribution in [0.15, 0.2) is 60.7 Å². The molecule has 0 saturated carbocycles. The topological polar surface area (TPSA) is 46.6 Å². The number of amides is 1. The predicted octanol–water partition coefficient (Wildman–Crippen LogP) is 4.25. The van der Waals surface area contributed by atoms with Gasteiger partial charge in [0, 0.05) is 13.0 Å². The Bertz CT molecular complexity index is 653. The molecule has 0 bridgehead atoms. The molecule has 1 unspecified atom stereocenters. The molecule has 1 atom stereocenters. The van der Waals surface area contributed by atoms with E-state index in [1.165, 1.54) is 4.90 Å². The lowest BCUT2D eigenvalue weighted by molar-refractivity contribution is -0.112. The summed E-state index contributed by atoms with van der Waals surface area (Å²) in [7, 11) is 1.60. The monoisotopic (exact) mass is 339 g/mol. The molecular formula is C21H25NO3. The average Bonchev–Trinajstić information content (AvgIpc) is 2.59. The van der Waals surface area contributed by atoms with Crippen LogP contribution >= 0.6 is 0 Å². The average molecular weight is 339 g/mol. The lowest BCUT2D eigenvalue weighted by Crippen LogP contribution is -2.44. The summed E-state index contributed by atoms with van der Waals surface area (Å²) < 4.78 is 5.43. The number of aldehydes is 1. The lowest BCUT2D eigenvalue weighted by atomic mass is 9.85. The third kappa shape index (κ3) is 4.92. The van der Waals surface area contributed by atoms with Gasteiger partial charge in [0.05, 0.1) is 0 Å². The number of hydrogen-bond acceptors (Lipinski definition) is 3. The normalized spacial score (nSPS) is 12.5. The molecule has 2 rings (SSSR count). The van der Waals surface area contributed by atoms with Crippen molar-refractivity contribution < 1.29 is 14.3 Å². The second-order valence-corrected chi connectivity index (χ2v) is 7.02. The highest BCUT2D eigenvalue weighted by Crippen LogP contribution is 2.30. The third-order valence-corrected chi connectivity index (χ3v) is 3.93. The SMILES string of the molecule is CN(C(=O)OC(C)(C)C)C(C=O)C(c1ccccc1)c1ccccc1. The van der Waals surface area contributed by atoms with Crippen LogP contribution in [0, 0.1) is 0 Å². The van der Waals surface area contributed by atoms with E-state index in [9.17, 15) is 9.59 Å². The Morgan fingerprint density at radius 2 is 1.40 bits per heavy atom. The van der Waals surface area contributed by atoms with Crippen molar-refractivity contribution in [2.75, 3.05) is 7.05 Å². The number of carbonyl (C=O) groups is 2. The number of hydrogen-bond donors (Lipinski definition) is 0. The molecular weight excluding hydrogens is 314 g/mol. The fraction of sp³-hybridized carbons (Fsp3) is 0.333. The molecule has 0 fully saturated rings. The summed E-state index contributed by atoms with van der Waals surface area (Å²) >= 11 is 0. The van der Waals surface area contributed by atoms with Crippen molar-refractivity contribution in [3.05, 3.63) is 71.8 Å². The van der Waals surface area contributed by atoms with Crippen molar-refractivity contribution >= 4 is 12.4 Å². The van der Waals surface area contributed by atoms with Gasteiger partial charge in [0.2, 0.25) is 0 Å². The number of nitrogens with zero attached hydrogens (tertiary/aromatic N) is 1. The van der Waals surface area contributed by atoms with Crippen LogP contribution in [0.2, 0.25) is 0 Å². The zero-order valence-electron chi connectivity index (χ0n) is 15.2. The van der Waals surface area contributed by atoms with Crippen LogP contribution < -0.4 is 0 Å². The quantitative estimate of drug-likeness (QED) is 0.765. The van der Waals surface area contributed by atoms with Gasteiger partial charge in [0.25, 0.3) is 0 Å². The highest BCUT2D eigenvalue weighted by molar-refractivity contribution is 5.75. The van der Waals surface area contributed by atoms with Crippen LogP contribution in [0.3, 0.4) is 0 Å². The van der Waals surface area contributed by atoms with E-state index < -0.39 is 17.7 Å². The van der Waals surface area contributed by atoms with E-state index in [4.69, 9.17) is 4.74 Å². The van der Waals surface area contributed by atoms with E-state index in [0.717, 1.165) is 17.4 Å². The first-order chi connectivity index (χ1) is 11.8. The summed E-state index contributed by atoms with van der Waals surface area (Å²) in [5.41, 5.74) is 1.33. The molecule has 0 radical (unpaired) electrons. The summed E-state index contributed by atoms with van der Waals surface area (Å²) in [6.45, 7) is 5.42. The van der Waals surface area contributed by atoms with Gasteiger partial charge in [-0.3, -0.25) is 0 Å². The second-order valence-electron chi connectivity index (χ2n) is 7.02. The Morgan fingerprint density at radius 3 is 1.76 bits per heavy atom. The summed E-state index contributed by atoms with van der Waals surface area (Å²) in [6.07, 6.45) is 0.302. The molecule has 0 heterocycles. The highest BCUT2D eigenvalue weighted by Gasteiger charge is 2.32.